The number of esters is 1. The summed E-state index contributed by atoms with van der Waals surface area (Å²) in [6.07, 6.45) is 3.04. The van der Waals surface area contributed by atoms with Gasteiger partial charge in [-0.2, -0.15) is 0 Å². The van der Waals surface area contributed by atoms with Crippen molar-refractivity contribution in [2.24, 2.45) is 0 Å². The Bertz CT molecular complexity index is 751. The number of rotatable bonds is 3. The third kappa shape index (κ3) is 2.64. The van der Waals surface area contributed by atoms with E-state index in [0.29, 0.717) is 17.2 Å². The fourth-order valence-corrected chi connectivity index (χ4v) is 1.85. The van der Waals surface area contributed by atoms with E-state index in [1.54, 1.807) is 23.1 Å². The first kappa shape index (κ1) is 13.0. The lowest BCUT2D eigenvalue weighted by molar-refractivity contribution is 0.0600. The van der Waals surface area contributed by atoms with Crippen molar-refractivity contribution < 1.29 is 9.53 Å². The third-order valence-corrected chi connectivity index (χ3v) is 2.93. The van der Waals surface area contributed by atoms with Gasteiger partial charge in [0, 0.05) is 11.8 Å². The average Bonchev–Trinajstić information content (AvgIpc) is 3.05. The van der Waals surface area contributed by atoms with E-state index in [4.69, 9.17) is 0 Å². The van der Waals surface area contributed by atoms with Crippen LogP contribution in [0.3, 0.4) is 0 Å². The molecule has 0 aliphatic heterocycles. The number of benzene rings is 1. The maximum atomic E-state index is 11.4. The molecule has 0 unspecified atom stereocenters. The van der Waals surface area contributed by atoms with Gasteiger partial charge in [0.2, 0.25) is 0 Å². The molecule has 0 spiro atoms. The highest BCUT2D eigenvalue weighted by Crippen LogP contribution is 2.14. The van der Waals surface area contributed by atoms with Crippen LogP contribution in [0.1, 0.15) is 10.4 Å². The van der Waals surface area contributed by atoms with Gasteiger partial charge >= 0.3 is 5.97 Å². The molecule has 0 atom stereocenters. The SMILES string of the molecule is COC(=O)c1ccc(-n2cnc(-c3ccccc3)n2)nc1. The molecule has 0 N–H and O–H groups in total. The molecular formula is C15H12N4O2. The normalized spacial score (nSPS) is 10.3. The molecule has 6 heteroatoms. The number of aromatic nitrogens is 4. The number of carbonyl (C=O) groups is 1. The standard InChI is InChI=1S/C15H12N4O2/c1-21-15(20)12-7-8-13(16-9-12)19-10-17-14(18-19)11-5-3-2-4-6-11/h2-10H,1H3. The average molecular weight is 280 g/mol. The second-order valence-electron chi connectivity index (χ2n) is 4.28. The maximum absolute atomic E-state index is 11.4. The quantitative estimate of drug-likeness (QED) is 0.687. The van der Waals surface area contributed by atoms with Crippen LogP contribution < -0.4 is 0 Å². The first-order valence-electron chi connectivity index (χ1n) is 6.30. The van der Waals surface area contributed by atoms with E-state index in [9.17, 15) is 4.79 Å². The van der Waals surface area contributed by atoms with Crippen molar-refractivity contribution >= 4 is 5.97 Å². The van der Waals surface area contributed by atoms with Gasteiger partial charge in [-0.15, -0.1) is 5.10 Å². The number of nitrogens with zero attached hydrogens (tertiary/aromatic N) is 4. The molecule has 0 amide bonds. The predicted octanol–water partition coefficient (Wildman–Crippen LogP) is 2.12. The highest BCUT2D eigenvalue weighted by Gasteiger charge is 2.08. The third-order valence-electron chi connectivity index (χ3n) is 2.93. The zero-order chi connectivity index (χ0) is 14.7. The highest BCUT2D eigenvalue weighted by atomic mass is 16.5. The van der Waals surface area contributed by atoms with Crippen molar-refractivity contribution in [3.05, 3.63) is 60.6 Å². The number of carbonyl (C=O) groups excluding carboxylic acids is 1. The van der Waals surface area contributed by atoms with E-state index >= 15 is 0 Å². The Morgan fingerprint density at radius 2 is 1.90 bits per heavy atom. The number of hydrogen-bond donors (Lipinski definition) is 0. The fraction of sp³-hybridized carbons (Fsp3) is 0.0667. The van der Waals surface area contributed by atoms with Crippen molar-refractivity contribution in [2.45, 2.75) is 0 Å². The van der Waals surface area contributed by atoms with E-state index in [1.165, 1.54) is 13.3 Å². The smallest absolute Gasteiger partial charge is 0.339 e. The maximum Gasteiger partial charge on any atom is 0.339 e. The van der Waals surface area contributed by atoms with Crippen LogP contribution in [-0.2, 0) is 4.74 Å². The fourth-order valence-electron chi connectivity index (χ4n) is 1.85. The summed E-state index contributed by atoms with van der Waals surface area (Å²) in [5, 5.41) is 4.37. The Balaban J connectivity index is 1.88. The number of methoxy groups -OCH3 is 1. The largest absolute Gasteiger partial charge is 0.465 e. The minimum Gasteiger partial charge on any atom is -0.465 e. The van der Waals surface area contributed by atoms with E-state index in [-0.39, 0.29) is 0 Å². The molecule has 0 bridgehead atoms. The van der Waals surface area contributed by atoms with Crippen molar-refractivity contribution in [1.29, 1.82) is 0 Å². The summed E-state index contributed by atoms with van der Waals surface area (Å²) in [6, 6.07) is 13.0. The van der Waals surface area contributed by atoms with E-state index in [2.05, 4.69) is 19.8 Å². The summed E-state index contributed by atoms with van der Waals surface area (Å²) in [6.45, 7) is 0. The Kier molecular flexibility index (Phi) is 3.42. The zero-order valence-electron chi connectivity index (χ0n) is 11.3. The van der Waals surface area contributed by atoms with Crippen molar-refractivity contribution in [1.82, 2.24) is 19.7 Å². The van der Waals surface area contributed by atoms with Crippen molar-refractivity contribution in [2.75, 3.05) is 7.11 Å². The van der Waals surface area contributed by atoms with Crippen molar-refractivity contribution in [3.8, 4) is 17.2 Å². The van der Waals surface area contributed by atoms with Crippen LogP contribution in [0.2, 0.25) is 0 Å². The molecule has 3 aromatic rings. The van der Waals surface area contributed by atoms with Crippen LogP contribution >= 0.6 is 0 Å². The summed E-state index contributed by atoms with van der Waals surface area (Å²) in [5.74, 6) is 0.782. The summed E-state index contributed by atoms with van der Waals surface area (Å²) in [5.41, 5.74) is 1.33. The minimum atomic E-state index is -0.419. The Hall–Kier alpha value is -3.02. The van der Waals surface area contributed by atoms with Gasteiger partial charge in [-0.25, -0.2) is 19.4 Å². The van der Waals surface area contributed by atoms with Crippen molar-refractivity contribution in [3.63, 3.8) is 0 Å². The van der Waals surface area contributed by atoms with E-state index < -0.39 is 5.97 Å². The molecule has 0 aliphatic carbocycles. The van der Waals surface area contributed by atoms with E-state index in [0.717, 1.165) is 5.56 Å². The highest BCUT2D eigenvalue weighted by molar-refractivity contribution is 5.88. The van der Waals surface area contributed by atoms with Crippen LogP contribution in [-0.4, -0.2) is 32.8 Å². The topological polar surface area (TPSA) is 69.9 Å². The molecule has 0 radical (unpaired) electrons. The molecule has 0 aliphatic rings. The molecule has 104 valence electrons. The summed E-state index contributed by atoms with van der Waals surface area (Å²) in [7, 11) is 1.33. The number of pyridine rings is 1. The molecule has 2 heterocycles. The van der Waals surface area contributed by atoms with Crippen LogP contribution in [0.25, 0.3) is 17.2 Å². The van der Waals surface area contributed by atoms with Gasteiger partial charge < -0.3 is 4.74 Å². The van der Waals surface area contributed by atoms with Crippen LogP contribution in [0.15, 0.2) is 55.0 Å². The lowest BCUT2D eigenvalue weighted by atomic mass is 10.2. The van der Waals surface area contributed by atoms with Gasteiger partial charge in [0.15, 0.2) is 11.6 Å². The lowest BCUT2D eigenvalue weighted by Gasteiger charge is -2.01. The molecule has 0 saturated carbocycles. The number of ether oxygens (including phenoxy) is 1. The van der Waals surface area contributed by atoms with Crippen LogP contribution in [0.4, 0.5) is 0 Å². The molecule has 3 rings (SSSR count). The number of hydrogen-bond acceptors (Lipinski definition) is 5. The molecule has 21 heavy (non-hydrogen) atoms. The minimum absolute atomic E-state index is 0.393. The molecule has 0 fully saturated rings. The predicted molar refractivity (Wildman–Crippen MR) is 75.9 cm³/mol. The van der Waals surface area contributed by atoms with Gasteiger partial charge in [-0.05, 0) is 12.1 Å². The summed E-state index contributed by atoms with van der Waals surface area (Å²) >= 11 is 0. The van der Waals surface area contributed by atoms with Gasteiger partial charge in [-0.3, -0.25) is 0 Å². The lowest BCUT2D eigenvalue weighted by Crippen LogP contribution is -2.04. The molecule has 6 nitrogen and oxygen atoms in total. The van der Waals surface area contributed by atoms with Crippen LogP contribution in [0.5, 0.6) is 0 Å². The van der Waals surface area contributed by atoms with E-state index in [1.807, 2.05) is 30.3 Å². The first-order chi connectivity index (χ1) is 10.3. The van der Waals surface area contributed by atoms with Gasteiger partial charge in [-0.1, -0.05) is 30.3 Å². The second kappa shape index (κ2) is 5.54. The summed E-state index contributed by atoms with van der Waals surface area (Å²) < 4.78 is 6.19. The Morgan fingerprint density at radius 3 is 2.57 bits per heavy atom. The first-order valence-corrected chi connectivity index (χ1v) is 6.30. The van der Waals surface area contributed by atoms with Gasteiger partial charge in [0.05, 0.1) is 12.7 Å². The second-order valence-corrected chi connectivity index (χ2v) is 4.28. The molecule has 0 saturated heterocycles. The van der Waals surface area contributed by atoms with Crippen LogP contribution in [0, 0.1) is 0 Å². The monoisotopic (exact) mass is 280 g/mol. The molecule has 1 aromatic carbocycles. The Labute approximate surface area is 121 Å². The molecular weight excluding hydrogens is 268 g/mol. The van der Waals surface area contributed by atoms with Gasteiger partial charge in [0.1, 0.15) is 6.33 Å². The van der Waals surface area contributed by atoms with Gasteiger partial charge in [0.25, 0.3) is 0 Å². The molecule has 2 aromatic heterocycles. The zero-order valence-corrected chi connectivity index (χ0v) is 11.3. The summed E-state index contributed by atoms with van der Waals surface area (Å²) in [4.78, 5) is 19.8. The Morgan fingerprint density at radius 1 is 1.10 bits per heavy atom.